The summed E-state index contributed by atoms with van der Waals surface area (Å²) in [7, 11) is 3.41. The lowest BCUT2D eigenvalue weighted by molar-refractivity contribution is 0.0606. The van der Waals surface area contributed by atoms with Gasteiger partial charge in [-0.15, -0.1) is 11.3 Å². The number of carbonyl (C=O) groups is 2. The van der Waals surface area contributed by atoms with Gasteiger partial charge in [0.15, 0.2) is 0 Å². The fraction of sp³-hybridized carbons (Fsp3) is 0.333. The molecule has 7 nitrogen and oxygen atoms in total. The minimum Gasteiger partial charge on any atom is -0.397 e. The molecule has 0 aliphatic carbocycles. The molecule has 1 aliphatic heterocycles. The standard InChI is InChI=1S/C21H23N5O2S/c1-25(2)21(28)18-17(22)14-8-9-15(24-19(14)29-18)16-7-3-4-11-26(16)20(27)13-6-5-10-23-12-13/h5-6,8-10,12,16H,3-4,7,11,22H2,1-2H3/t16-/m0/s1. The molecule has 4 rings (SSSR count). The predicted octanol–water partition coefficient (Wildman–Crippen LogP) is 3.34. The van der Waals surface area contributed by atoms with Crippen molar-refractivity contribution in [3.8, 4) is 0 Å². The first-order valence-corrected chi connectivity index (χ1v) is 10.4. The van der Waals surface area contributed by atoms with E-state index in [1.54, 1.807) is 38.6 Å². The van der Waals surface area contributed by atoms with Crippen molar-refractivity contribution < 1.29 is 9.59 Å². The number of rotatable bonds is 3. The number of anilines is 1. The van der Waals surface area contributed by atoms with Crippen molar-refractivity contribution in [3.05, 3.63) is 52.8 Å². The summed E-state index contributed by atoms with van der Waals surface area (Å²) in [5.41, 5.74) is 8.09. The third kappa shape index (κ3) is 3.55. The van der Waals surface area contributed by atoms with E-state index in [4.69, 9.17) is 10.7 Å². The smallest absolute Gasteiger partial charge is 0.265 e. The summed E-state index contributed by atoms with van der Waals surface area (Å²) in [6, 6.07) is 7.30. The van der Waals surface area contributed by atoms with E-state index in [1.165, 1.54) is 16.2 Å². The number of hydrogen-bond donors (Lipinski definition) is 1. The van der Waals surface area contributed by atoms with Crippen LogP contribution in [0, 0.1) is 0 Å². The monoisotopic (exact) mass is 409 g/mol. The van der Waals surface area contributed by atoms with Crippen molar-refractivity contribution in [1.82, 2.24) is 19.8 Å². The van der Waals surface area contributed by atoms with Gasteiger partial charge in [-0.25, -0.2) is 4.98 Å². The highest BCUT2D eigenvalue weighted by atomic mass is 32.1. The van der Waals surface area contributed by atoms with Crippen LogP contribution < -0.4 is 5.73 Å². The number of hydrogen-bond acceptors (Lipinski definition) is 6. The molecule has 2 N–H and O–H groups in total. The van der Waals surface area contributed by atoms with Gasteiger partial charge >= 0.3 is 0 Å². The lowest BCUT2D eigenvalue weighted by Gasteiger charge is -2.35. The van der Waals surface area contributed by atoms with Gasteiger partial charge in [0.25, 0.3) is 11.8 Å². The predicted molar refractivity (Wildman–Crippen MR) is 114 cm³/mol. The maximum Gasteiger partial charge on any atom is 0.265 e. The lowest BCUT2D eigenvalue weighted by Crippen LogP contribution is -2.38. The molecule has 0 radical (unpaired) electrons. The molecule has 0 saturated carbocycles. The number of thiophene rings is 1. The van der Waals surface area contributed by atoms with Crippen LogP contribution in [0.4, 0.5) is 5.69 Å². The summed E-state index contributed by atoms with van der Waals surface area (Å²) >= 11 is 1.30. The largest absolute Gasteiger partial charge is 0.397 e. The van der Waals surface area contributed by atoms with Gasteiger partial charge < -0.3 is 15.5 Å². The Balaban J connectivity index is 1.70. The second kappa shape index (κ2) is 7.79. The van der Waals surface area contributed by atoms with Crippen LogP contribution in [0.5, 0.6) is 0 Å². The molecule has 29 heavy (non-hydrogen) atoms. The Morgan fingerprint density at radius 2 is 2.07 bits per heavy atom. The van der Waals surface area contributed by atoms with Crippen LogP contribution in [0.1, 0.15) is 51.0 Å². The van der Waals surface area contributed by atoms with Crippen molar-refractivity contribution >= 4 is 39.1 Å². The van der Waals surface area contributed by atoms with Crippen molar-refractivity contribution in [1.29, 1.82) is 0 Å². The molecule has 3 aromatic rings. The summed E-state index contributed by atoms with van der Waals surface area (Å²) in [6.45, 7) is 0.690. The number of nitrogens with two attached hydrogens (primary N) is 1. The molecular formula is C21H23N5O2S. The molecule has 4 heterocycles. The van der Waals surface area contributed by atoms with Gasteiger partial charge in [-0.05, 0) is 43.5 Å². The Morgan fingerprint density at radius 1 is 1.24 bits per heavy atom. The first-order chi connectivity index (χ1) is 14.0. The van der Waals surface area contributed by atoms with Crippen molar-refractivity contribution in [2.45, 2.75) is 25.3 Å². The van der Waals surface area contributed by atoms with E-state index in [9.17, 15) is 9.59 Å². The number of aromatic nitrogens is 2. The number of nitrogen functional groups attached to an aromatic ring is 1. The van der Waals surface area contributed by atoms with Crippen molar-refractivity contribution in [2.75, 3.05) is 26.4 Å². The van der Waals surface area contributed by atoms with E-state index in [0.29, 0.717) is 22.7 Å². The molecule has 0 unspecified atom stereocenters. The molecule has 8 heteroatoms. The minimum atomic E-state index is -0.127. The van der Waals surface area contributed by atoms with Gasteiger partial charge in [0.05, 0.1) is 23.0 Å². The Hall–Kier alpha value is -3.00. The van der Waals surface area contributed by atoms with E-state index >= 15 is 0 Å². The van der Waals surface area contributed by atoms with Crippen LogP contribution in [0.2, 0.25) is 0 Å². The molecule has 1 atom stereocenters. The molecule has 2 amide bonds. The Labute approximate surface area is 173 Å². The Kier molecular flexibility index (Phi) is 5.19. The van der Waals surface area contributed by atoms with Crippen LogP contribution in [0.15, 0.2) is 36.7 Å². The van der Waals surface area contributed by atoms with Crippen LogP contribution in [-0.2, 0) is 0 Å². The number of carbonyl (C=O) groups excluding carboxylic acids is 2. The quantitative estimate of drug-likeness (QED) is 0.716. The molecule has 0 aromatic carbocycles. The summed E-state index contributed by atoms with van der Waals surface area (Å²) in [5.74, 6) is -0.156. The highest BCUT2D eigenvalue weighted by Gasteiger charge is 2.30. The maximum atomic E-state index is 13.1. The lowest BCUT2D eigenvalue weighted by atomic mass is 9.97. The topological polar surface area (TPSA) is 92.4 Å². The van der Waals surface area contributed by atoms with Gasteiger partial charge in [0.2, 0.25) is 0 Å². The van der Waals surface area contributed by atoms with Crippen molar-refractivity contribution in [2.24, 2.45) is 0 Å². The van der Waals surface area contributed by atoms with Crippen LogP contribution in [-0.4, -0.2) is 52.2 Å². The van der Waals surface area contributed by atoms with E-state index in [1.807, 2.05) is 17.0 Å². The molecule has 3 aromatic heterocycles. The van der Waals surface area contributed by atoms with Gasteiger partial charge in [-0.2, -0.15) is 0 Å². The SMILES string of the molecule is CN(C)C(=O)c1sc2nc([C@@H]3CCCCN3C(=O)c3cccnc3)ccc2c1N. The second-order valence-electron chi connectivity index (χ2n) is 7.39. The molecule has 0 spiro atoms. The Morgan fingerprint density at radius 3 is 2.79 bits per heavy atom. The third-order valence-electron chi connectivity index (χ3n) is 5.23. The van der Waals surface area contributed by atoms with Crippen LogP contribution in [0.25, 0.3) is 10.2 Å². The number of pyridine rings is 2. The highest BCUT2D eigenvalue weighted by Crippen LogP contribution is 2.37. The molecule has 0 bridgehead atoms. The number of amides is 2. The van der Waals surface area contributed by atoms with Gasteiger partial charge in [-0.1, -0.05) is 0 Å². The van der Waals surface area contributed by atoms with Crippen LogP contribution in [0.3, 0.4) is 0 Å². The van der Waals surface area contributed by atoms with Crippen LogP contribution >= 0.6 is 11.3 Å². The summed E-state index contributed by atoms with van der Waals surface area (Å²) < 4.78 is 0. The number of piperidine rings is 1. The minimum absolute atomic E-state index is 0.0288. The second-order valence-corrected chi connectivity index (χ2v) is 8.38. The van der Waals surface area contributed by atoms with Gasteiger partial charge in [0.1, 0.15) is 9.71 Å². The van der Waals surface area contributed by atoms with Crippen molar-refractivity contribution in [3.63, 3.8) is 0 Å². The number of nitrogens with zero attached hydrogens (tertiary/aromatic N) is 4. The average molecular weight is 410 g/mol. The van der Waals surface area contributed by atoms with E-state index < -0.39 is 0 Å². The summed E-state index contributed by atoms with van der Waals surface area (Å²) in [4.78, 5) is 39.0. The highest BCUT2D eigenvalue weighted by molar-refractivity contribution is 7.21. The number of likely N-dealkylation sites (tertiary alicyclic amines) is 1. The molecular weight excluding hydrogens is 386 g/mol. The molecule has 150 valence electrons. The molecule has 1 saturated heterocycles. The fourth-order valence-corrected chi connectivity index (χ4v) is 4.82. The summed E-state index contributed by atoms with van der Waals surface area (Å²) in [5, 5.41) is 0.782. The zero-order valence-electron chi connectivity index (χ0n) is 16.5. The zero-order chi connectivity index (χ0) is 20.5. The zero-order valence-corrected chi connectivity index (χ0v) is 17.3. The van der Waals surface area contributed by atoms with E-state index in [0.717, 1.165) is 35.2 Å². The third-order valence-corrected chi connectivity index (χ3v) is 6.33. The van der Waals surface area contributed by atoms with E-state index in [2.05, 4.69) is 4.98 Å². The normalized spacial score (nSPS) is 16.8. The number of fused-ring (bicyclic) bond motifs is 1. The van der Waals surface area contributed by atoms with Gasteiger partial charge in [0, 0.05) is 38.4 Å². The fourth-order valence-electron chi connectivity index (χ4n) is 3.70. The Bertz CT molecular complexity index is 1060. The van der Waals surface area contributed by atoms with E-state index in [-0.39, 0.29) is 17.9 Å². The first kappa shape index (κ1) is 19.3. The average Bonchev–Trinajstić information content (AvgIpc) is 3.09. The molecule has 1 fully saturated rings. The maximum absolute atomic E-state index is 13.1. The molecule has 1 aliphatic rings. The first-order valence-electron chi connectivity index (χ1n) is 9.59. The van der Waals surface area contributed by atoms with Gasteiger partial charge in [-0.3, -0.25) is 14.6 Å². The summed E-state index contributed by atoms with van der Waals surface area (Å²) in [6.07, 6.45) is 6.13.